The largest absolute Gasteiger partial charge is 0.389 e. The zero-order chi connectivity index (χ0) is 15.1. The van der Waals surface area contributed by atoms with Crippen LogP contribution in [-0.4, -0.2) is 30.5 Å². The maximum atomic E-state index is 9.89. The third kappa shape index (κ3) is 6.80. The van der Waals surface area contributed by atoms with Crippen molar-refractivity contribution in [1.29, 1.82) is 0 Å². The van der Waals surface area contributed by atoms with Crippen molar-refractivity contribution in [3.05, 3.63) is 28.2 Å². The van der Waals surface area contributed by atoms with Crippen LogP contribution in [0, 0.1) is 5.92 Å². The van der Waals surface area contributed by atoms with Gasteiger partial charge in [-0.3, -0.25) is 0 Å². The number of aliphatic hydroxyl groups is 1. The van der Waals surface area contributed by atoms with E-state index in [0.29, 0.717) is 34.8 Å². The van der Waals surface area contributed by atoms with Crippen molar-refractivity contribution in [3.8, 4) is 0 Å². The van der Waals surface area contributed by atoms with E-state index in [9.17, 15) is 5.11 Å². The first-order chi connectivity index (χ1) is 9.38. The molecule has 20 heavy (non-hydrogen) atoms. The summed E-state index contributed by atoms with van der Waals surface area (Å²) in [5.74, 6) is 0.588. The number of hydrogen-bond donors (Lipinski definition) is 2. The van der Waals surface area contributed by atoms with E-state index >= 15 is 0 Å². The average Bonchev–Trinajstić information content (AvgIpc) is 2.36. The summed E-state index contributed by atoms with van der Waals surface area (Å²) in [4.78, 5) is 0. The fraction of sp³-hybridized carbons (Fsp3) is 0.600. The maximum Gasteiger partial charge on any atom is 0.0945 e. The van der Waals surface area contributed by atoms with Gasteiger partial charge in [-0.15, -0.1) is 0 Å². The molecule has 0 spiro atoms. The molecule has 114 valence electrons. The number of hydrogen-bond acceptors (Lipinski definition) is 3. The molecule has 0 aliphatic heterocycles. The molecule has 0 amide bonds. The molecule has 5 heteroatoms. The van der Waals surface area contributed by atoms with Crippen molar-refractivity contribution in [1.82, 2.24) is 0 Å². The predicted molar refractivity (Wildman–Crippen MR) is 85.8 cm³/mol. The number of nitrogens with one attached hydrogen (secondary N) is 1. The van der Waals surface area contributed by atoms with Crippen LogP contribution in [0.1, 0.15) is 27.2 Å². The van der Waals surface area contributed by atoms with E-state index in [1.165, 1.54) is 0 Å². The third-order valence-corrected chi connectivity index (χ3v) is 3.40. The minimum atomic E-state index is -0.584. The maximum absolute atomic E-state index is 9.89. The standard InChI is InChI=1S/C15H23Cl2NO2/c1-10(2)6-11(3)20-9-13(19)8-18-15-7-12(16)4-5-14(15)17/h4-5,7,10-11,13,18-19H,6,8-9H2,1-3H3. The summed E-state index contributed by atoms with van der Waals surface area (Å²) in [6, 6.07) is 5.18. The van der Waals surface area contributed by atoms with Gasteiger partial charge in [-0.05, 0) is 37.5 Å². The van der Waals surface area contributed by atoms with Gasteiger partial charge in [0.25, 0.3) is 0 Å². The molecule has 1 aromatic rings. The summed E-state index contributed by atoms with van der Waals surface area (Å²) in [7, 11) is 0. The van der Waals surface area contributed by atoms with Crippen molar-refractivity contribution in [2.45, 2.75) is 39.4 Å². The van der Waals surface area contributed by atoms with Gasteiger partial charge >= 0.3 is 0 Å². The number of aliphatic hydroxyl groups excluding tert-OH is 1. The summed E-state index contributed by atoms with van der Waals surface area (Å²) in [5.41, 5.74) is 0.716. The number of ether oxygens (including phenoxy) is 1. The number of halogens is 2. The van der Waals surface area contributed by atoms with Gasteiger partial charge in [0.2, 0.25) is 0 Å². The third-order valence-electron chi connectivity index (χ3n) is 2.83. The van der Waals surface area contributed by atoms with Gasteiger partial charge in [0.05, 0.1) is 29.5 Å². The Balaban J connectivity index is 2.32. The van der Waals surface area contributed by atoms with Crippen LogP contribution in [0.4, 0.5) is 5.69 Å². The minimum absolute atomic E-state index is 0.152. The van der Waals surface area contributed by atoms with Gasteiger partial charge in [-0.25, -0.2) is 0 Å². The van der Waals surface area contributed by atoms with E-state index in [1.54, 1.807) is 18.2 Å². The van der Waals surface area contributed by atoms with Crippen LogP contribution in [0.15, 0.2) is 18.2 Å². The zero-order valence-electron chi connectivity index (χ0n) is 12.2. The average molecular weight is 320 g/mol. The molecule has 0 aromatic heterocycles. The highest BCUT2D eigenvalue weighted by molar-refractivity contribution is 6.35. The summed E-state index contributed by atoms with van der Waals surface area (Å²) in [5, 5.41) is 14.1. The normalized spacial score (nSPS) is 14.3. The van der Waals surface area contributed by atoms with Crippen molar-refractivity contribution >= 4 is 28.9 Å². The summed E-state index contributed by atoms with van der Waals surface area (Å²) < 4.78 is 5.61. The highest BCUT2D eigenvalue weighted by atomic mass is 35.5. The van der Waals surface area contributed by atoms with Gasteiger partial charge in [-0.2, -0.15) is 0 Å². The smallest absolute Gasteiger partial charge is 0.0945 e. The van der Waals surface area contributed by atoms with Gasteiger partial charge in [0.1, 0.15) is 0 Å². The monoisotopic (exact) mass is 319 g/mol. The molecule has 0 saturated carbocycles. The van der Waals surface area contributed by atoms with Gasteiger partial charge < -0.3 is 15.2 Å². The van der Waals surface area contributed by atoms with Crippen LogP contribution in [0.3, 0.4) is 0 Å². The second-order valence-corrected chi connectivity index (χ2v) is 6.28. The first-order valence-electron chi connectivity index (χ1n) is 6.87. The molecular formula is C15H23Cl2NO2. The topological polar surface area (TPSA) is 41.5 Å². The molecule has 1 rings (SSSR count). The van der Waals surface area contributed by atoms with E-state index in [0.717, 1.165) is 6.42 Å². The fourth-order valence-corrected chi connectivity index (χ4v) is 2.28. The van der Waals surface area contributed by atoms with E-state index in [2.05, 4.69) is 19.2 Å². The van der Waals surface area contributed by atoms with Crippen LogP contribution < -0.4 is 5.32 Å². The van der Waals surface area contributed by atoms with Gasteiger partial charge in [-0.1, -0.05) is 37.0 Å². The Bertz CT molecular complexity index is 413. The number of rotatable bonds is 8. The molecule has 0 bridgehead atoms. The van der Waals surface area contributed by atoms with E-state index < -0.39 is 6.10 Å². The molecule has 2 unspecified atom stereocenters. The molecule has 1 aromatic carbocycles. The van der Waals surface area contributed by atoms with Crippen molar-refractivity contribution in [2.75, 3.05) is 18.5 Å². The van der Waals surface area contributed by atoms with Crippen molar-refractivity contribution < 1.29 is 9.84 Å². The lowest BCUT2D eigenvalue weighted by Gasteiger charge is -2.19. The second-order valence-electron chi connectivity index (χ2n) is 5.43. The molecule has 0 aliphatic rings. The van der Waals surface area contributed by atoms with Crippen LogP contribution in [0.5, 0.6) is 0 Å². The number of benzene rings is 1. The van der Waals surface area contributed by atoms with Crippen LogP contribution in [-0.2, 0) is 4.74 Å². The minimum Gasteiger partial charge on any atom is -0.389 e. The summed E-state index contributed by atoms with van der Waals surface area (Å²) >= 11 is 11.9. The SMILES string of the molecule is CC(C)CC(C)OCC(O)CNc1cc(Cl)ccc1Cl. The van der Waals surface area contributed by atoms with E-state index in [1.807, 2.05) is 6.92 Å². The quantitative estimate of drug-likeness (QED) is 0.753. The lowest BCUT2D eigenvalue weighted by molar-refractivity contribution is -0.00443. The van der Waals surface area contributed by atoms with E-state index in [4.69, 9.17) is 27.9 Å². The molecule has 0 heterocycles. The summed E-state index contributed by atoms with van der Waals surface area (Å²) in [6.45, 7) is 7.00. The Morgan fingerprint density at radius 3 is 2.60 bits per heavy atom. The van der Waals surface area contributed by atoms with Crippen LogP contribution >= 0.6 is 23.2 Å². The van der Waals surface area contributed by atoms with E-state index in [-0.39, 0.29) is 6.10 Å². The predicted octanol–water partition coefficient (Wildman–Crippen LogP) is 4.22. The number of anilines is 1. The Morgan fingerprint density at radius 2 is 1.95 bits per heavy atom. The summed E-state index contributed by atoms with van der Waals surface area (Å²) in [6.07, 6.45) is 0.555. The zero-order valence-corrected chi connectivity index (χ0v) is 13.7. The van der Waals surface area contributed by atoms with Gasteiger partial charge in [0, 0.05) is 11.6 Å². The lowest BCUT2D eigenvalue weighted by Crippen LogP contribution is -2.27. The molecule has 0 saturated heterocycles. The molecule has 3 nitrogen and oxygen atoms in total. The highest BCUT2D eigenvalue weighted by Gasteiger charge is 2.10. The van der Waals surface area contributed by atoms with Gasteiger partial charge in [0.15, 0.2) is 0 Å². The first kappa shape index (κ1) is 17.6. The molecule has 0 radical (unpaired) electrons. The molecule has 0 aliphatic carbocycles. The highest BCUT2D eigenvalue weighted by Crippen LogP contribution is 2.25. The van der Waals surface area contributed by atoms with Crippen molar-refractivity contribution in [3.63, 3.8) is 0 Å². The lowest BCUT2D eigenvalue weighted by atomic mass is 10.1. The Hall–Kier alpha value is -0.480. The first-order valence-corrected chi connectivity index (χ1v) is 7.62. The molecular weight excluding hydrogens is 297 g/mol. The van der Waals surface area contributed by atoms with Crippen molar-refractivity contribution in [2.24, 2.45) is 5.92 Å². The van der Waals surface area contributed by atoms with Crippen LogP contribution in [0.25, 0.3) is 0 Å². The Labute approximate surface area is 131 Å². The fourth-order valence-electron chi connectivity index (χ4n) is 1.93. The molecule has 2 atom stereocenters. The second kappa shape index (κ2) is 8.73. The molecule has 2 N–H and O–H groups in total. The molecule has 0 fully saturated rings. The Kier molecular flexibility index (Phi) is 7.67. The van der Waals surface area contributed by atoms with Crippen LogP contribution in [0.2, 0.25) is 10.0 Å². The Morgan fingerprint density at radius 1 is 1.25 bits per heavy atom.